The van der Waals surface area contributed by atoms with Crippen LogP contribution in [0.1, 0.15) is 53.8 Å². The van der Waals surface area contributed by atoms with Crippen LogP contribution in [-0.4, -0.2) is 42.2 Å². The third kappa shape index (κ3) is 4.40. The van der Waals surface area contributed by atoms with Gasteiger partial charge in [-0.05, 0) is 49.9 Å². The molecule has 146 valence electrons. The standard InChI is InChI=1S/C20H27N3O3S/c1-4-5-9-21-20(24)18-12-19(16-7-6-14(2)15(3)11-16)23(22-18)17-8-10-27(25,26)13-17/h6-7,11-12,17H,4-5,8-10,13H2,1-3H3,(H,21,24)/t17-/m1/s1. The van der Waals surface area contributed by atoms with Crippen LogP contribution < -0.4 is 5.32 Å². The molecule has 1 atom stereocenters. The van der Waals surface area contributed by atoms with E-state index in [0.717, 1.165) is 29.7 Å². The van der Waals surface area contributed by atoms with E-state index in [-0.39, 0.29) is 23.5 Å². The van der Waals surface area contributed by atoms with Crippen molar-refractivity contribution in [1.82, 2.24) is 15.1 Å². The number of hydrogen-bond acceptors (Lipinski definition) is 4. The molecule has 0 bridgehead atoms. The number of rotatable bonds is 6. The average molecular weight is 390 g/mol. The van der Waals surface area contributed by atoms with Gasteiger partial charge in [-0.1, -0.05) is 25.5 Å². The molecule has 0 spiro atoms. The smallest absolute Gasteiger partial charge is 0.271 e. The second kappa shape index (κ2) is 7.84. The van der Waals surface area contributed by atoms with Crippen molar-refractivity contribution in [2.75, 3.05) is 18.1 Å². The largest absolute Gasteiger partial charge is 0.351 e. The Balaban J connectivity index is 1.99. The number of carbonyl (C=O) groups is 1. The van der Waals surface area contributed by atoms with Crippen LogP contribution in [-0.2, 0) is 9.84 Å². The molecule has 2 heterocycles. The number of hydrogen-bond donors (Lipinski definition) is 1. The molecule has 1 fully saturated rings. The van der Waals surface area contributed by atoms with Crippen molar-refractivity contribution in [1.29, 1.82) is 0 Å². The van der Waals surface area contributed by atoms with Crippen molar-refractivity contribution in [2.24, 2.45) is 0 Å². The maximum absolute atomic E-state index is 12.5. The number of nitrogens with one attached hydrogen (secondary N) is 1. The van der Waals surface area contributed by atoms with Gasteiger partial charge in [-0.2, -0.15) is 5.10 Å². The molecule has 0 aliphatic carbocycles. The first-order valence-electron chi connectivity index (χ1n) is 9.46. The van der Waals surface area contributed by atoms with Crippen LogP contribution in [0, 0.1) is 13.8 Å². The fourth-order valence-corrected chi connectivity index (χ4v) is 5.03. The Kier molecular flexibility index (Phi) is 5.69. The van der Waals surface area contributed by atoms with E-state index < -0.39 is 9.84 Å². The lowest BCUT2D eigenvalue weighted by molar-refractivity contribution is 0.0947. The zero-order valence-electron chi connectivity index (χ0n) is 16.2. The number of unbranched alkanes of at least 4 members (excludes halogenated alkanes) is 1. The lowest BCUT2D eigenvalue weighted by atomic mass is 10.0. The fraction of sp³-hybridized carbons (Fsp3) is 0.500. The second-order valence-electron chi connectivity index (χ2n) is 7.32. The maximum Gasteiger partial charge on any atom is 0.271 e. The summed E-state index contributed by atoms with van der Waals surface area (Å²) in [6, 6.07) is 7.64. The highest BCUT2D eigenvalue weighted by Crippen LogP contribution is 2.31. The van der Waals surface area contributed by atoms with E-state index in [4.69, 9.17) is 0 Å². The molecule has 3 rings (SSSR count). The molecule has 1 aromatic heterocycles. The van der Waals surface area contributed by atoms with Gasteiger partial charge in [-0.3, -0.25) is 9.48 Å². The lowest BCUT2D eigenvalue weighted by Gasteiger charge is -2.14. The first kappa shape index (κ1) is 19.6. The SMILES string of the molecule is CCCCNC(=O)c1cc(-c2ccc(C)c(C)c2)n([C@@H]2CCS(=O)(=O)C2)n1. The number of aryl methyl sites for hydroxylation is 2. The fourth-order valence-electron chi connectivity index (χ4n) is 3.34. The summed E-state index contributed by atoms with van der Waals surface area (Å²) in [6.07, 6.45) is 2.44. The number of aromatic nitrogens is 2. The van der Waals surface area contributed by atoms with Crippen LogP contribution in [0.25, 0.3) is 11.3 Å². The molecular formula is C20H27N3O3S. The summed E-state index contributed by atoms with van der Waals surface area (Å²) < 4.78 is 25.7. The van der Waals surface area contributed by atoms with Crippen molar-refractivity contribution in [3.05, 3.63) is 41.1 Å². The zero-order chi connectivity index (χ0) is 19.6. The summed E-state index contributed by atoms with van der Waals surface area (Å²) in [5, 5.41) is 7.39. The number of sulfone groups is 1. The van der Waals surface area contributed by atoms with Crippen LogP contribution in [0.4, 0.5) is 0 Å². The molecule has 1 aromatic carbocycles. The Hall–Kier alpha value is -2.15. The van der Waals surface area contributed by atoms with Crippen LogP contribution in [0.15, 0.2) is 24.3 Å². The minimum Gasteiger partial charge on any atom is -0.351 e. The third-order valence-corrected chi connectivity index (χ3v) is 6.89. The normalized spacial score (nSPS) is 18.6. The van der Waals surface area contributed by atoms with E-state index in [1.54, 1.807) is 10.7 Å². The lowest BCUT2D eigenvalue weighted by Crippen LogP contribution is -2.25. The van der Waals surface area contributed by atoms with E-state index in [2.05, 4.69) is 23.4 Å². The first-order chi connectivity index (χ1) is 12.8. The first-order valence-corrected chi connectivity index (χ1v) is 11.3. The highest BCUT2D eigenvalue weighted by atomic mass is 32.2. The number of benzene rings is 1. The van der Waals surface area contributed by atoms with Crippen molar-refractivity contribution >= 4 is 15.7 Å². The molecule has 1 N–H and O–H groups in total. The van der Waals surface area contributed by atoms with Crippen molar-refractivity contribution < 1.29 is 13.2 Å². The second-order valence-corrected chi connectivity index (χ2v) is 9.55. The Bertz CT molecular complexity index is 947. The van der Waals surface area contributed by atoms with Gasteiger partial charge >= 0.3 is 0 Å². The summed E-state index contributed by atoms with van der Waals surface area (Å²) >= 11 is 0. The summed E-state index contributed by atoms with van der Waals surface area (Å²) in [6.45, 7) is 6.77. The Morgan fingerprint density at radius 2 is 2.04 bits per heavy atom. The van der Waals surface area contributed by atoms with E-state index >= 15 is 0 Å². The van der Waals surface area contributed by atoms with Gasteiger partial charge in [0.15, 0.2) is 15.5 Å². The van der Waals surface area contributed by atoms with Gasteiger partial charge in [0.1, 0.15) is 0 Å². The van der Waals surface area contributed by atoms with E-state index in [1.165, 1.54) is 5.56 Å². The molecular weight excluding hydrogens is 362 g/mol. The Morgan fingerprint density at radius 1 is 1.26 bits per heavy atom. The summed E-state index contributed by atoms with van der Waals surface area (Å²) in [5.41, 5.74) is 4.41. The van der Waals surface area contributed by atoms with Gasteiger partial charge in [0, 0.05) is 12.1 Å². The Morgan fingerprint density at radius 3 is 2.67 bits per heavy atom. The van der Waals surface area contributed by atoms with Gasteiger partial charge in [-0.25, -0.2) is 8.42 Å². The van der Waals surface area contributed by atoms with Crippen LogP contribution >= 0.6 is 0 Å². The predicted molar refractivity (Wildman–Crippen MR) is 107 cm³/mol. The van der Waals surface area contributed by atoms with E-state index in [1.807, 2.05) is 26.0 Å². The maximum atomic E-state index is 12.5. The Labute approximate surface area is 160 Å². The number of nitrogens with zero attached hydrogens (tertiary/aromatic N) is 2. The topological polar surface area (TPSA) is 81.1 Å². The molecule has 2 aromatic rings. The van der Waals surface area contributed by atoms with Gasteiger partial charge in [-0.15, -0.1) is 0 Å². The zero-order valence-corrected chi connectivity index (χ0v) is 17.0. The van der Waals surface area contributed by atoms with Crippen molar-refractivity contribution in [3.63, 3.8) is 0 Å². The number of amides is 1. The molecule has 0 saturated carbocycles. The monoisotopic (exact) mass is 389 g/mol. The predicted octanol–water partition coefficient (Wildman–Crippen LogP) is 3.06. The minimum atomic E-state index is -3.05. The van der Waals surface area contributed by atoms with E-state index in [0.29, 0.717) is 18.7 Å². The van der Waals surface area contributed by atoms with Crippen molar-refractivity contribution in [3.8, 4) is 11.3 Å². The van der Waals surface area contributed by atoms with E-state index in [9.17, 15) is 13.2 Å². The number of carbonyl (C=O) groups excluding carboxylic acids is 1. The van der Waals surface area contributed by atoms with Crippen LogP contribution in [0.3, 0.4) is 0 Å². The van der Waals surface area contributed by atoms with Crippen molar-refractivity contribution in [2.45, 2.75) is 46.1 Å². The summed E-state index contributed by atoms with van der Waals surface area (Å²) in [7, 11) is -3.05. The average Bonchev–Trinajstić information content (AvgIpc) is 3.21. The quantitative estimate of drug-likeness (QED) is 0.770. The van der Waals surface area contributed by atoms with Gasteiger partial charge in [0.2, 0.25) is 0 Å². The molecule has 27 heavy (non-hydrogen) atoms. The van der Waals surface area contributed by atoms with Crippen LogP contribution in [0.5, 0.6) is 0 Å². The summed E-state index contributed by atoms with van der Waals surface area (Å²) in [4.78, 5) is 12.5. The highest BCUT2D eigenvalue weighted by Gasteiger charge is 2.32. The van der Waals surface area contributed by atoms with Crippen LogP contribution in [0.2, 0.25) is 0 Å². The molecule has 1 saturated heterocycles. The molecule has 0 unspecified atom stereocenters. The molecule has 1 aliphatic heterocycles. The van der Waals surface area contributed by atoms with Gasteiger partial charge in [0.05, 0.1) is 23.2 Å². The highest BCUT2D eigenvalue weighted by molar-refractivity contribution is 7.91. The molecule has 1 aliphatic rings. The minimum absolute atomic E-state index is 0.0728. The van der Waals surface area contributed by atoms with Gasteiger partial charge < -0.3 is 5.32 Å². The molecule has 7 heteroatoms. The molecule has 1 amide bonds. The third-order valence-electron chi connectivity index (χ3n) is 5.14. The summed E-state index contributed by atoms with van der Waals surface area (Å²) in [5.74, 6) is 0.0267. The molecule has 0 radical (unpaired) electrons. The molecule has 6 nitrogen and oxygen atoms in total. The van der Waals surface area contributed by atoms with Gasteiger partial charge in [0.25, 0.3) is 5.91 Å².